The molecule has 214 valence electrons. The number of nitrogens with zero attached hydrogens (tertiary/aromatic N) is 2. The Kier molecular flexibility index (Phi) is 11.2. The fourth-order valence-electron chi connectivity index (χ4n) is 4.25. The number of anilines is 1. The molecule has 0 saturated carbocycles. The normalized spacial score (nSPS) is 12.2. The van der Waals surface area contributed by atoms with E-state index in [9.17, 15) is 18.0 Å². The molecule has 3 aromatic rings. The highest BCUT2D eigenvalue weighted by Crippen LogP contribution is 2.27. The summed E-state index contributed by atoms with van der Waals surface area (Å²) in [6, 6.07) is 20.9. The summed E-state index contributed by atoms with van der Waals surface area (Å²) in [6.07, 6.45) is 1.32. The molecule has 0 saturated heterocycles. The summed E-state index contributed by atoms with van der Waals surface area (Å²) < 4.78 is 27.8. The van der Waals surface area contributed by atoms with Crippen LogP contribution >= 0.6 is 27.5 Å². The maximum absolute atomic E-state index is 14.1. The molecule has 0 fully saturated rings. The average molecular weight is 649 g/mol. The molecule has 0 spiro atoms. The Morgan fingerprint density at radius 1 is 0.975 bits per heavy atom. The van der Waals surface area contributed by atoms with Crippen molar-refractivity contribution < 1.29 is 18.0 Å². The van der Waals surface area contributed by atoms with E-state index in [-0.39, 0.29) is 24.8 Å². The van der Waals surface area contributed by atoms with Gasteiger partial charge < -0.3 is 10.2 Å². The lowest BCUT2D eigenvalue weighted by Crippen LogP contribution is -2.53. The number of hydrogen-bond acceptors (Lipinski definition) is 4. The summed E-state index contributed by atoms with van der Waals surface area (Å²) in [5.41, 5.74) is 2.64. The molecular formula is C30H35BrClN3O4S. The Hall–Kier alpha value is -2.88. The predicted octanol–water partition coefficient (Wildman–Crippen LogP) is 5.59. The topological polar surface area (TPSA) is 86.8 Å². The van der Waals surface area contributed by atoms with Gasteiger partial charge in [0.05, 0.1) is 11.9 Å². The van der Waals surface area contributed by atoms with Gasteiger partial charge in [0.15, 0.2) is 0 Å². The first kappa shape index (κ1) is 31.6. The van der Waals surface area contributed by atoms with E-state index in [1.54, 1.807) is 19.1 Å². The third-order valence-electron chi connectivity index (χ3n) is 6.32. The van der Waals surface area contributed by atoms with Crippen LogP contribution in [0.1, 0.15) is 30.5 Å². The van der Waals surface area contributed by atoms with Crippen LogP contribution in [0.4, 0.5) is 5.69 Å². The number of amides is 2. The lowest BCUT2D eigenvalue weighted by atomic mass is 10.0. The number of halogens is 2. The average Bonchev–Trinajstić information content (AvgIpc) is 2.89. The quantitative estimate of drug-likeness (QED) is 0.278. The van der Waals surface area contributed by atoms with E-state index in [2.05, 4.69) is 21.2 Å². The highest BCUT2D eigenvalue weighted by Gasteiger charge is 2.33. The Balaban J connectivity index is 2.07. The summed E-state index contributed by atoms with van der Waals surface area (Å²) in [7, 11) is -3.87. The highest BCUT2D eigenvalue weighted by molar-refractivity contribution is 9.10. The molecule has 0 bridgehead atoms. The van der Waals surface area contributed by atoms with Crippen LogP contribution in [0.15, 0.2) is 77.3 Å². The van der Waals surface area contributed by atoms with Crippen LogP contribution in [0.5, 0.6) is 0 Å². The maximum atomic E-state index is 14.1. The van der Waals surface area contributed by atoms with Crippen molar-refractivity contribution in [1.29, 1.82) is 0 Å². The van der Waals surface area contributed by atoms with Crippen LogP contribution in [0.25, 0.3) is 0 Å². The van der Waals surface area contributed by atoms with Gasteiger partial charge in [-0.15, -0.1) is 0 Å². The van der Waals surface area contributed by atoms with Crippen molar-refractivity contribution in [3.05, 3.63) is 99.0 Å². The number of nitrogens with one attached hydrogen (secondary N) is 1. The molecule has 0 aliphatic carbocycles. The van der Waals surface area contributed by atoms with E-state index >= 15 is 0 Å². The molecule has 40 heavy (non-hydrogen) atoms. The lowest BCUT2D eigenvalue weighted by molar-refractivity contribution is -0.140. The van der Waals surface area contributed by atoms with Gasteiger partial charge in [0.2, 0.25) is 21.8 Å². The zero-order valence-corrected chi connectivity index (χ0v) is 26.3. The number of carbonyl (C=O) groups is 2. The fraction of sp³-hybridized carbons (Fsp3) is 0.333. The van der Waals surface area contributed by atoms with Crippen molar-refractivity contribution in [2.24, 2.45) is 5.92 Å². The van der Waals surface area contributed by atoms with Crippen LogP contribution in [-0.4, -0.2) is 50.5 Å². The molecule has 0 radical (unpaired) electrons. The minimum absolute atomic E-state index is 0.108. The van der Waals surface area contributed by atoms with Gasteiger partial charge in [-0.25, -0.2) is 8.42 Å². The van der Waals surface area contributed by atoms with Gasteiger partial charge in [-0.1, -0.05) is 89.9 Å². The number of aryl methyl sites for hydroxylation is 1. The van der Waals surface area contributed by atoms with Gasteiger partial charge in [-0.2, -0.15) is 0 Å². The molecule has 3 aromatic carbocycles. The smallest absolute Gasteiger partial charge is 0.244 e. The minimum atomic E-state index is -3.87. The minimum Gasteiger partial charge on any atom is -0.354 e. The second-order valence-corrected chi connectivity index (χ2v) is 13.5. The second kappa shape index (κ2) is 14.1. The maximum Gasteiger partial charge on any atom is 0.244 e. The second-order valence-electron chi connectivity index (χ2n) is 10.2. The van der Waals surface area contributed by atoms with Gasteiger partial charge in [-0.3, -0.25) is 13.9 Å². The zero-order chi connectivity index (χ0) is 29.4. The number of sulfonamides is 1. The predicted molar refractivity (Wildman–Crippen MR) is 165 cm³/mol. The molecular weight excluding hydrogens is 614 g/mol. The molecule has 0 heterocycles. The first-order valence-electron chi connectivity index (χ1n) is 12.9. The van der Waals surface area contributed by atoms with E-state index in [1.807, 2.05) is 68.4 Å². The number of hydrogen-bond donors (Lipinski definition) is 1. The molecule has 2 amide bonds. The fourth-order valence-corrected chi connectivity index (χ4v) is 5.77. The zero-order valence-electron chi connectivity index (χ0n) is 23.1. The van der Waals surface area contributed by atoms with E-state index in [4.69, 9.17) is 11.6 Å². The van der Waals surface area contributed by atoms with Crippen molar-refractivity contribution in [1.82, 2.24) is 10.2 Å². The molecule has 0 aromatic heterocycles. The first-order valence-corrected chi connectivity index (χ1v) is 16.0. The van der Waals surface area contributed by atoms with E-state index < -0.39 is 28.5 Å². The Morgan fingerprint density at radius 3 is 2.27 bits per heavy atom. The third-order valence-corrected chi connectivity index (χ3v) is 8.17. The van der Waals surface area contributed by atoms with Gasteiger partial charge in [0.25, 0.3) is 0 Å². The van der Waals surface area contributed by atoms with Crippen molar-refractivity contribution in [3.8, 4) is 0 Å². The van der Waals surface area contributed by atoms with Crippen LogP contribution < -0.4 is 9.62 Å². The van der Waals surface area contributed by atoms with Gasteiger partial charge in [-0.05, 0) is 53.8 Å². The number of carbonyl (C=O) groups excluding carboxylic acids is 2. The monoisotopic (exact) mass is 647 g/mol. The molecule has 1 N–H and O–H groups in total. The molecule has 10 heteroatoms. The molecule has 7 nitrogen and oxygen atoms in total. The van der Waals surface area contributed by atoms with E-state index in [1.165, 1.54) is 11.0 Å². The Labute approximate surface area is 250 Å². The highest BCUT2D eigenvalue weighted by atomic mass is 79.9. The first-order chi connectivity index (χ1) is 18.8. The molecule has 0 aliphatic heterocycles. The van der Waals surface area contributed by atoms with Crippen LogP contribution in [0.2, 0.25) is 5.02 Å². The summed E-state index contributed by atoms with van der Waals surface area (Å²) in [5.74, 6) is -0.599. The van der Waals surface area contributed by atoms with Gasteiger partial charge in [0.1, 0.15) is 12.6 Å². The summed E-state index contributed by atoms with van der Waals surface area (Å²) >= 11 is 9.68. The van der Waals surface area contributed by atoms with E-state index in [0.717, 1.165) is 26.2 Å². The summed E-state index contributed by atoms with van der Waals surface area (Å²) in [6.45, 7) is 5.81. The van der Waals surface area contributed by atoms with Crippen molar-refractivity contribution >= 4 is 55.1 Å². The SMILES string of the molecule is Cc1ccc(Cl)cc1N(CC(=O)N(Cc1cccc(Br)c1)[C@H](Cc1ccccc1)C(=O)NCC(C)C)S(C)(=O)=O. The Morgan fingerprint density at radius 2 is 1.65 bits per heavy atom. The van der Waals surface area contributed by atoms with Crippen LogP contribution in [0.3, 0.4) is 0 Å². The van der Waals surface area contributed by atoms with Crippen LogP contribution in [0, 0.1) is 12.8 Å². The summed E-state index contributed by atoms with van der Waals surface area (Å²) in [5, 5.41) is 3.33. The molecule has 0 unspecified atom stereocenters. The Bertz CT molecular complexity index is 1430. The van der Waals surface area contributed by atoms with Crippen molar-refractivity contribution in [3.63, 3.8) is 0 Å². The van der Waals surface area contributed by atoms with Crippen LogP contribution in [-0.2, 0) is 32.6 Å². The van der Waals surface area contributed by atoms with Gasteiger partial charge >= 0.3 is 0 Å². The molecule has 1 atom stereocenters. The van der Waals surface area contributed by atoms with Gasteiger partial charge in [0, 0.05) is 29.0 Å². The van der Waals surface area contributed by atoms with Crippen molar-refractivity contribution in [2.45, 2.75) is 39.8 Å². The number of rotatable bonds is 12. The van der Waals surface area contributed by atoms with E-state index in [0.29, 0.717) is 22.8 Å². The molecule has 3 rings (SSSR count). The largest absolute Gasteiger partial charge is 0.354 e. The third kappa shape index (κ3) is 9.08. The summed E-state index contributed by atoms with van der Waals surface area (Å²) in [4.78, 5) is 29.2. The standard InChI is InChI=1S/C30H35BrClN3O4S/c1-21(2)18-33-30(37)28(16-23-9-6-5-7-10-23)34(19-24-11-8-12-25(31)15-24)29(36)20-35(40(4,38)39)27-17-26(32)14-13-22(27)3/h5-15,17,21,28H,16,18-20H2,1-4H3,(H,33,37)/t28-/m1/s1. The molecule has 0 aliphatic rings. The lowest BCUT2D eigenvalue weighted by Gasteiger charge is -2.34. The number of benzene rings is 3. The van der Waals surface area contributed by atoms with Crippen molar-refractivity contribution in [2.75, 3.05) is 23.7 Å².